The van der Waals surface area contributed by atoms with Gasteiger partial charge in [-0.05, 0) is 48.4 Å². The van der Waals surface area contributed by atoms with E-state index in [2.05, 4.69) is 58.4 Å². The van der Waals surface area contributed by atoms with Gasteiger partial charge in [-0.3, -0.25) is 0 Å². The largest absolute Gasteiger partial charge is 0.497 e. The van der Waals surface area contributed by atoms with Crippen LogP contribution in [0, 0.1) is 0 Å². The molecular formula is C23H30N4O2. The third-order valence-electron chi connectivity index (χ3n) is 5.91. The first-order chi connectivity index (χ1) is 14.2. The topological polar surface area (TPSA) is 48.1 Å². The average molecular weight is 395 g/mol. The predicted molar refractivity (Wildman–Crippen MR) is 117 cm³/mol. The second-order valence-electron chi connectivity index (χ2n) is 7.66. The van der Waals surface area contributed by atoms with Crippen LogP contribution >= 0.6 is 0 Å². The molecule has 2 amide bonds. The summed E-state index contributed by atoms with van der Waals surface area (Å²) in [6.45, 7) is 7.59. The van der Waals surface area contributed by atoms with Crippen LogP contribution in [-0.2, 0) is 0 Å². The van der Waals surface area contributed by atoms with Crippen molar-refractivity contribution >= 4 is 17.4 Å². The standard InChI is InChI=1S/C23H30N4O2/c1-3-12-27-22(17-24-23(27)28)18-4-6-19(7-5-18)25-13-15-26(16-14-25)20-8-10-21(29-2)11-9-20/h4-11,22H,3,12-17H2,1-2H3,(H,24,28). The maximum Gasteiger partial charge on any atom is 0.318 e. The Balaban J connectivity index is 1.37. The molecule has 2 fully saturated rings. The van der Waals surface area contributed by atoms with E-state index in [1.807, 2.05) is 17.0 Å². The average Bonchev–Trinajstić information content (AvgIpc) is 3.15. The normalized spacial score (nSPS) is 19.4. The zero-order chi connectivity index (χ0) is 20.2. The van der Waals surface area contributed by atoms with E-state index in [4.69, 9.17) is 4.74 Å². The molecule has 2 saturated heterocycles. The highest BCUT2D eigenvalue weighted by Gasteiger charge is 2.31. The van der Waals surface area contributed by atoms with Gasteiger partial charge in [-0.2, -0.15) is 0 Å². The van der Waals surface area contributed by atoms with Gasteiger partial charge in [-0.15, -0.1) is 0 Å². The van der Waals surface area contributed by atoms with Gasteiger partial charge in [0.05, 0.1) is 13.2 Å². The van der Waals surface area contributed by atoms with Crippen molar-refractivity contribution in [2.24, 2.45) is 0 Å². The molecule has 0 aliphatic carbocycles. The van der Waals surface area contributed by atoms with Gasteiger partial charge in [-0.25, -0.2) is 4.79 Å². The first-order valence-corrected chi connectivity index (χ1v) is 10.5. The number of urea groups is 1. The second kappa shape index (κ2) is 8.64. The zero-order valence-electron chi connectivity index (χ0n) is 17.3. The van der Waals surface area contributed by atoms with Gasteiger partial charge in [0.25, 0.3) is 0 Å². The minimum absolute atomic E-state index is 0.0515. The number of hydrogen-bond acceptors (Lipinski definition) is 4. The Morgan fingerprint density at radius 1 is 0.931 bits per heavy atom. The molecule has 2 aromatic carbocycles. The SMILES string of the molecule is CCCN1C(=O)NCC1c1ccc(N2CCN(c3ccc(OC)cc3)CC2)cc1. The lowest BCUT2D eigenvalue weighted by molar-refractivity contribution is 0.204. The summed E-state index contributed by atoms with van der Waals surface area (Å²) in [5.74, 6) is 0.893. The van der Waals surface area contributed by atoms with Crippen molar-refractivity contribution in [3.63, 3.8) is 0 Å². The highest BCUT2D eigenvalue weighted by Crippen LogP contribution is 2.28. The Labute approximate surface area is 173 Å². The van der Waals surface area contributed by atoms with E-state index in [1.165, 1.54) is 16.9 Å². The van der Waals surface area contributed by atoms with Crippen LogP contribution in [0.5, 0.6) is 5.75 Å². The van der Waals surface area contributed by atoms with Gasteiger partial charge in [0.1, 0.15) is 5.75 Å². The lowest BCUT2D eigenvalue weighted by Gasteiger charge is -2.37. The van der Waals surface area contributed by atoms with E-state index in [0.717, 1.165) is 44.9 Å². The number of piperazine rings is 1. The quantitative estimate of drug-likeness (QED) is 0.815. The number of methoxy groups -OCH3 is 1. The number of nitrogens with one attached hydrogen (secondary N) is 1. The number of rotatable bonds is 6. The summed E-state index contributed by atoms with van der Waals surface area (Å²) < 4.78 is 5.25. The smallest absolute Gasteiger partial charge is 0.318 e. The fraction of sp³-hybridized carbons (Fsp3) is 0.435. The summed E-state index contributed by atoms with van der Waals surface area (Å²) in [6.07, 6.45) is 0.973. The molecule has 1 unspecified atom stereocenters. The summed E-state index contributed by atoms with van der Waals surface area (Å²) in [5.41, 5.74) is 3.70. The molecule has 1 N–H and O–H groups in total. The van der Waals surface area contributed by atoms with Crippen LogP contribution < -0.4 is 19.9 Å². The summed E-state index contributed by atoms with van der Waals surface area (Å²) in [7, 11) is 1.70. The lowest BCUT2D eigenvalue weighted by Crippen LogP contribution is -2.46. The van der Waals surface area contributed by atoms with Crippen LogP contribution in [0.3, 0.4) is 0 Å². The molecule has 2 aliphatic heterocycles. The molecule has 6 heteroatoms. The van der Waals surface area contributed by atoms with Gasteiger partial charge in [-0.1, -0.05) is 19.1 Å². The van der Waals surface area contributed by atoms with Crippen molar-refractivity contribution < 1.29 is 9.53 Å². The van der Waals surface area contributed by atoms with Gasteiger partial charge in [0.15, 0.2) is 0 Å². The lowest BCUT2D eigenvalue weighted by atomic mass is 10.1. The van der Waals surface area contributed by atoms with Gasteiger partial charge in [0, 0.05) is 50.6 Å². The molecule has 2 heterocycles. The molecule has 0 spiro atoms. The van der Waals surface area contributed by atoms with Crippen LogP contribution in [-0.4, -0.2) is 57.3 Å². The highest BCUT2D eigenvalue weighted by atomic mass is 16.5. The van der Waals surface area contributed by atoms with Gasteiger partial charge >= 0.3 is 6.03 Å². The number of nitrogens with zero attached hydrogens (tertiary/aromatic N) is 3. The van der Waals surface area contributed by atoms with Crippen molar-refractivity contribution in [3.05, 3.63) is 54.1 Å². The molecule has 0 bridgehead atoms. The second-order valence-corrected chi connectivity index (χ2v) is 7.66. The van der Waals surface area contributed by atoms with Crippen molar-refractivity contribution in [1.29, 1.82) is 0 Å². The molecule has 154 valence electrons. The Hall–Kier alpha value is -2.89. The number of carbonyl (C=O) groups is 1. The minimum atomic E-state index is 0.0515. The summed E-state index contributed by atoms with van der Waals surface area (Å²) in [5, 5.41) is 2.97. The van der Waals surface area contributed by atoms with E-state index in [9.17, 15) is 4.79 Å². The maximum atomic E-state index is 12.0. The van der Waals surface area contributed by atoms with E-state index in [-0.39, 0.29) is 12.1 Å². The molecule has 2 aromatic rings. The number of carbonyl (C=O) groups excluding carboxylic acids is 1. The van der Waals surface area contributed by atoms with Crippen LogP contribution in [0.2, 0.25) is 0 Å². The Morgan fingerprint density at radius 2 is 1.48 bits per heavy atom. The third-order valence-corrected chi connectivity index (χ3v) is 5.91. The number of benzene rings is 2. The summed E-state index contributed by atoms with van der Waals surface area (Å²) >= 11 is 0. The van der Waals surface area contributed by atoms with Gasteiger partial charge in [0.2, 0.25) is 0 Å². The summed E-state index contributed by atoms with van der Waals surface area (Å²) in [6, 6.07) is 17.2. The fourth-order valence-electron chi connectivity index (χ4n) is 4.26. The van der Waals surface area contributed by atoms with E-state index >= 15 is 0 Å². The molecule has 29 heavy (non-hydrogen) atoms. The number of ether oxygens (including phenoxy) is 1. The van der Waals surface area contributed by atoms with Crippen LogP contribution in [0.15, 0.2) is 48.5 Å². The van der Waals surface area contributed by atoms with Crippen LogP contribution in [0.1, 0.15) is 24.9 Å². The van der Waals surface area contributed by atoms with Crippen LogP contribution in [0.4, 0.5) is 16.2 Å². The molecule has 0 saturated carbocycles. The maximum absolute atomic E-state index is 12.0. The van der Waals surface area contributed by atoms with Crippen molar-refractivity contribution in [2.75, 3.05) is 56.2 Å². The molecule has 0 radical (unpaired) electrons. The van der Waals surface area contributed by atoms with E-state index in [0.29, 0.717) is 6.54 Å². The Morgan fingerprint density at radius 3 is 2.00 bits per heavy atom. The molecule has 1 atom stereocenters. The van der Waals surface area contributed by atoms with Crippen LogP contribution in [0.25, 0.3) is 0 Å². The first kappa shape index (κ1) is 19.4. The highest BCUT2D eigenvalue weighted by molar-refractivity contribution is 5.77. The third kappa shape index (κ3) is 4.11. The Kier molecular flexibility index (Phi) is 5.79. The minimum Gasteiger partial charge on any atom is -0.497 e. The number of anilines is 2. The van der Waals surface area contributed by atoms with Crippen molar-refractivity contribution in [2.45, 2.75) is 19.4 Å². The fourth-order valence-corrected chi connectivity index (χ4v) is 4.26. The number of hydrogen-bond donors (Lipinski definition) is 1. The first-order valence-electron chi connectivity index (χ1n) is 10.5. The predicted octanol–water partition coefficient (Wildman–Crippen LogP) is 3.50. The molecule has 6 nitrogen and oxygen atoms in total. The monoisotopic (exact) mass is 394 g/mol. The molecule has 4 rings (SSSR count). The van der Waals surface area contributed by atoms with Crippen molar-refractivity contribution in [1.82, 2.24) is 10.2 Å². The molecule has 0 aromatic heterocycles. The number of amides is 2. The Bertz CT molecular complexity index is 814. The van der Waals surface area contributed by atoms with E-state index < -0.39 is 0 Å². The summed E-state index contributed by atoms with van der Waals surface area (Å²) in [4.78, 5) is 18.8. The van der Waals surface area contributed by atoms with Crippen molar-refractivity contribution in [3.8, 4) is 5.75 Å². The molecular weight excluding hydrogens is 364 g/mol. The molecule has 2 aliphatic rings. The van der Waals surface area contributed by atoms with E-state index in [1.54, 1.807) is 7.11 Å². The van der Waals surface area contributed by atoms with Gasteiger partial charge < -0.3 is 24.8 Å². The zero-order valence-corrected chi connectivity index (χ0v) is 17.3.